The fourth-order valence-corrected chi connectivity index (χ4v) is 2.43. The van der Waals surface area contributed by atoms with Crippen LogP contribution in [0.4, 0.5) is 0 Å². The molecule has 1 aromatic rings. The van der Waals surface area contributed by atoms with E-state index in [4.69, 9.17) is 9.47 Å². The summed E-state index contributed by atoms with van der Waals surface area (Å²) < 4.78 is 11.2. The molecule has 116 valence electrons. The summed E-state index contributed by atoms with van der Waals surface area (Å²) in [6.07, 6.45) is 4.29. The molecule has 1 unspecified atom stereocenters. The normalized spacial score (nSPS) is 18.0. The van der Waals surface area contributed by atoms with Gasteiger partial charge in [-0.3, -0.25) is 4.79 Å². The third-order valence-corrected chi connectivity index (χ3v) is 3.90. The number of amides is 1. The number of carbonyl (C=O) groups excluding carboxylic acids is 1. The number of hydrogen-bond donors (Lipinski definition) is 1. The van der Waals surface area contributed by atoms with Crippen LogP contribution >= 0.6 is 0 Å². The summed E-state index contributed by atoms with van der Waals surface area (Å²) in [5, 5.41) is 3.03. The molecular formula is C17H25NO3. The number of benzene rings is 1. The third kappa shape index (κ3) is 4.74. The van der Waals surface area contributed by atoms with Crippen molar-refractivity contribution in [1.82, 2.24) is 5.32 Å². The van der Waals surface area contributed by atoms with Gasteiger partial charge in [-0.1, -0.05) is 13.8 Å². The number of nitrogens with one attached hydrogen (secondary N) is 1. The highest BCUT2D eigenvalue weighted by Crippen LogP contribution is 2.16. The Morgan fingerprint density at radius 2 is 2.05 bits per heavy atom. The average Bonchev–Trinajstić information content (AvgIpc) is 3.04. The van der Waals surface area contributed by atoms with E-state index < -0.39 is 0 Å². The number of ether oxygens (including phenoxy) is 2. The fraction of sp³-hybridized carbons (Fsp3) is 0.588. The van der Waals surface area contributed by atoms with Crippen molar-refractivity contribution in [3.8, 4) is 5.75 Å². The van der Waals surface area contributed by atoms with Crippen molar-refractivity contribution in [2.75, 3.05) is 13.2 Å². The van der Waals surface area contributed by atoms with Crippen LogP contribution in [0.3, 0.4) is 0 Å². The van der Waals surface area contributed by atoms with Crippen molar-refractivity contribution < 1.29 is 14.3 Å². The van der Waals surface area contributed by atoms with Crippen LogP contribution in [-0.2, 0) is 4.74 Å². The molecule has 1 N–H and O–H groups in total. The molecule has 4 nitrogen and oxygen atoms in total. The Bertz CT molecular complexity index is 434. The summed E-state index contributed by atoms with van der Waals surface area (Å²) in [7, 11) is 0. The second-order valence-corrected chi connectivity index (χ2v) is 5.46. The molecule has 1 aliphatic heterocycles. The lowest BCUT2D eigenvalue weighted by molar-refractivity contribution is 0.0679. The lowest BCUT2D eigenvalue weighted by atomic mass is 10.1. The molecule has 0 aromatic heterocycles. The van der Waals surface area contributed by atoms with E-state index in [1.54, 1.807) is 0 Å². The molecule has 0 saturated carbocycles. The van der Waals surface area contributed by atoms with Gasteiger partial charge in [0.1, 0.15) is 12.4 Å². The zero-order chi connectivity index (χ0) is 15.1. The van der Waals surface area contributed by atoms with Crippen LogP contribution in [-0.4, -0.2) is 31.3 Å². The van der Waals surface area contributed by atoms with Crippen molar-refractivity contribution in [3.05, 3.63) is 29.8 Å². The van der Waals surface area contributed by atoms with Crippen molar-refractivity contribution >= 4 is 5.91 Å². The first-order valence-electron chi connectivity index (χ1n) is 7.88. The van der Waals surface area contributed by atoms with Crippen molar-refractivity contribution in [2.45, 2.75) is 51.7 Å². The molecule has 1 saturated heterocycles. The van der Waals surface area contributed by atoms with Crippen LogP contribution in [0.1, 0.15) is 49.9 Å². The van der Waals surface area contributed by atoms with E-state index in [-0.39, 0.29) is 18.1 Å². The Balaban J connectivity index is 1.84. The Morgan fingerprint density at radius 3 is 2.62 bits per heavy atom. The molecule has 0 bridgehead atoms. The Hall–Kier alpha value is -1.55. The molecule has 1 fully saturated rings. The third-order valence-electron chi connectivity index (χ3n) is 3.90. The van der Waals surface area contributed by atoms with Crippen LogP contribution in [0.2, 0.25) is 0 Å². The molecule has 1 amide bonds. The fourth-order valence-electron chi connectivity index (χ4n) is 2.43. The molecular weight excluding hydrogens is 266 g/mol. The first kappa shape index (κ1) is 15.8. The van der Waals surface area contributed by atoms with Gasteiger partial charge in [-0.2, -0.15) is 0 Å². The predicted molar refractivity (Wildman–Crippen MR) is 82.7 cm³/mol. The molecule has 0 spiro atoms. The van der Waals surface area contributed by atoms with Gasteiger partial charge in [-0.05, 0) is 49.9 Å². The van der Waals surface area contributed by atoms with Crippen molar-refractivity contribution in [2.24, 2.45) is 0 Å². The van der Waals surface area contributed by atoms with Crippen LogP contribution in [0.5, 0.6) is 5.75 Å². The van der Waals surface area contributed by atoms with Gasteiger partial charge in [0.2, 0.25) is 0 Å². The minimum absolute atomic E-state index is 0.0191. The largest absolute Gasteiger partial charge is 0.491 e. The van der Waals surface area contributed by atoms with E-state index in [9.17, 15) is 4.79 Å². The first-order valence-corrected chi connectivity index (χ1v) is 7.88. The quantitative estimate of drug-likeness (QED) is 0.839. The van der Waals surface area contributed by atoms with E-state index in [0.717, 1.165) is 38.0 Å². The summed E-state index contributed by atoms with van der Waals surface area (Å²) in [5.74, 6) is 0.763. The van der Waals surface area contributed by atoms with Gasteiger partial charge in [0, 0.05) is 18.2 Å². The molecule has 1 atom stereocenters. The molecule has 1 heterocycles. The van der Waals surface area contributed by atoms with Gasteiger partial charge in [0.25, 0.3) is 5.91 Å². The molecule has 1 aromatic carbocycles. The smallest absolute Gasteiger partial charge is 0.251 e. The van der Waals surface area contributed by atoms with Crippen molar-refractivity contribution in [1.29, 1.82) is 0 Å². The summed E-state index contributed by atoms with van der Waals surface area (Å²) >= 11 is 0. The predicted octanol–water partition coefficient (Wildman–Crippen LogP) is 3.16. The van der Waals surface area contributed by atoms with Gasteiger partial charge in [-0.25, -0.2) is 0 Å². The average molecular weight is 291 g/mol. The van der Waals surface area contributed by atoms with E-state index in [1.807, 2.05) is 24.3 Å². The molecule has 0 aliphatic carbocycles. The molecule has 0 radical (unpaired) electrons. The Morgan fingerprint density at radius 1 is 1.33 bits per heavy atom. The van der Waals surface area contributed by atoms with E-state index in [2.05, 4.69) is 19.2 Å². The highest BCUT2D eigenvalue weighted by Gasteiger charge is 2.16. The molecule has 4 heteroatoms. The first-order chi connectivity index (χ1) is 10.2. The molecule has 2 rings (SSSR count). The highest BCUT2D eigenvalue weighted by molar-refractivity contribution is 5.94. The topological polar surface area (TPSA) is 47.6 Å². The minimum Gasteiger partial charge on any atom is -0.491 e. The summed E-state index contributed by atoms with van der Waals surface area (Å²) in [6.45, 7) is 5.58. The van der Waals surface area contributed by atoms with Gasteiger partial charge in [-0.15, -0.1) is 0 Å². The Kier molecular flexibility index (Phi) is 6.05. The van der Waals surface area contributed by atoms with Crippen LogP contribution in [0.25, 0.3) is 0 Å². The van der Waals surface area contributed by atoms with Crippen LogP contribution in [0, 0.1) is 0 Å². The van der Waals surface area contributed by atoms with Crippen LogP contribution in [0.15, 0.2) is 24.3 Å². The standard InChI is InChI=1S/C17H25NO3/c1-3-14(4-2)18-17(19)13-7-9-15(10-8-13)21-12-16-6-5-11-20-16/h7-10,14,16H,3-6,11-12H2,1-2H3,(H,18,19). The molecule has 1 aliphatic rings. The maximum atomic E-state index is 12.1. The van der Waals surface area contributed by atoms with Crippen molar-refractivity contribution in [3.63, 3.8) is 0 Å². The molecule has 21 heavy (non-hydrogen) atoms. The maximum absolute atomic E-state index is 12.1. The second-order valence-electron chi connectivity index (χ2n) is 5.46. The zero-order valence-corrected chi connectivity index (χ0v) is 12.9. The zero-order valence-electron chi connectivity index (χ0n) is 12.9. The van der Waals surface area contributed by atoms with Gasteiger partial charge < -0.3 is 14.8 Å². The van der Waals surface area contributed by atoms with Gasteiger partial charge in [0.05, 0.1) is 6.10 Å². The second kappa shape index (κ2) is 8.03. The number of hydrogen-bond acceptors (Lipinski definition) is 3. The Labute approximate surface area is 126 Å². The summed E-state index contributed by atoms with van der Waals surface area (Å²) in [5.41, 5.74) is 0.673. The monoisotopic (exact) mass is 291 g/mol. The maximum Gasteiger partial charge on any atom is 0.251 e. The highest BCUT2D eigenvalue weighted by atomic mass is 16.5. The van der Waals surface area contributed by atoms with Gasteiger partial charge >= 0.3 is 0 Å². The lowest BCUT2D eigenvalue weighted by Gasteiger charge is -2.15. The minimum atomic E-state index is -0.0191. The van der Waals surface area contributed by atoms with Gasteiger partial charge in [0.15, 0.2) is 0 Å². The number of carbonyl (C=O) groups is 1. The van der Waals surface area contributed by atoms with E-state index >= 15 is 0 Å². The summed E-state index contributed by atoms with van der Waals surface area (Å²) in [6, 6.07) is 7.55. The SMILES string of the molecule is CCC(CC)NC(=O)c1ccc(OCC2CCCO2)cc1. The van der Waals surface area contributed by atoms with E-state index in [0.29, 0.717) is 12.2 Å². The summed E-state index contributed by atoms with van der Waals surface area (Å²) in [4.78, 5) is 12.1. The van der Waals surface area contributed by atoms with Crippen LogP contribution < -0.4 is 10.1 Å². The number of rotatable bonds is 7. The lowest BCUT2D eigenvalue weighted by Crippen LogP contribution is -2.33. The van der Waals surface area contributed by atoms with E-state index in [1.165, 1.54) is 0 Å².